The van der Waals surface area contributed by atoms with Crippen LogP contribution in [0.1, 0.15) is 19.4 Å². The second-order valence-corrected chi connectivity index (χ2v) is 5.81. The largest absolute Gasteiger partial charge is 0.447 e. The lowest BCUT2D eigenvalue weighted by Crippen LogP contribution is -2.39. The number of hydrogen-bond donors (Lipinski definition) is 1. The van der Waals surface area contributed by atoms with Gasteiger partial charge in [0.25, 0.3) is 0 Å². The second-order valence-electron chi connectivity index (χ2n) is 5.81. The number of carbonyl (C=O) groups is 2. The van der Waals surface area contributed by atoms with Crippen LogP contribution in [0.2, 0.25) is 0 Å². The molecule has 1 aromatic carbocycles. The molecule has 7 heteroatoms. The zero-order valence-electron chi connectivity index (χ0n) is 12.5. The summed E-state index contributed by atoms with van der Waals surface area (Å²) < 4.78 is 19.5. The lowest BCUT2D eigenvalue weighted by Gasteiger charge is -2.24. The monoisotopic (exact) mass is 307 g/mol. The van der Waals surface area contributed by atoms with E-state index in [0.717, 1.165) is 0 Å². The first-order valence-electron chi connectivity index (χ1n) is 7.24. The van der Waals surface area contributed by atoms with Gasteiger partial charge in [0.1, 0.15) is 12.4 Å². The van der Waals surface area contributed by atoms with Gasteiger partial charge >= 0.3 is 6.09 Å². The predicted octanol–water partition coefficient (Wildman–Crippen LogP) is 1.41. The Morgan fingerprint density at radius 3 is 2.77 bits per heavy atom. The van der Waals surface area contributed by atoms with E-state index in [0.29, 0.717) is 16.9 Å². The zero-order chi connectivity index (χ0) is 16.0. The molecular formula is C15H18FN3O3. The fourth-order valence-electron chi connectivity index (χ4n) is 3.05. The van der Waals surface area contributed by atoms with Gasteiger partial charge in [-0.1, -0.05) is 0 Å². The summed E-state index contributed by atoms with van der Waals surface area (Å²) in [5.74, 6) is -0.650. The van der Waals surface area contributed by atoms with Crippen molar-refractivity contribution in [2.45, 2.75) is 32.4 Å². The van der Waals surface area contributed by atoms with Crippen LogP contribution in [0.3, 0.4) is 0 Å². The van der Waals surface area contributed by atoms with Crippen LogP contribution in [0.4, 0.5) is 20.6 Å². The predicted molar refractivity (Wildman–Crippen MR) is 79.4 cm³/mol. The summed E-state index contributed by atoms with van der Waals surface area (Å²) in [6.07, 6.45) is -0.408. The van der Waals surface area contributed by atoms with Crippen molar-refractivity contribution < 1.29 is 18.7 Å². The summed E-state index contributed by atoms with van der Waals surface area (Å²) in [6, 6.07) is 2.50. The molecule has 2 aliphatic heterocycles. The highest BCUT2D eigenvalue weighted by Gasteiger charge is 2.37. The van der Waals surface area contributed by atoms with E-state index in [1.807, 2.05) is 13.8 Å². The van der Waals surface area contributed by atoms with Crippen LogP contribution in [0.25, 0.3) is 0 Å². The minimum Gasteiger partial charge on any atom is -0.447 e. The summed E-state index contributed by atoms with van der Waals surface area (Å²) in [4.78, 5) is 26.7. The highest BCUT2D eigenvalue weighted by atomic mass is 19.1. The summed E-state index contributed by atoms with van der Waals surface area (Å²) in [5, 5.41) is 0. The van der Waals surface area contributed by atoms with Crippen molar-refractivity contribution in [2.24, 2.45) is 5.73 Å². The Labute approximate surface area is 127 Å². The van der Waals surface area contributed by atoms with Crippen molar-refractivity contribution in [1.82, 2.24) is 0 Å². The number of benzene rings is 1. The number of nitrogens with two attached hydrogens (primary N) is 1. The Bertz CT molecular complexity index is 647. The van der Waals surface area contributed by atoms with E-state index in [-0.39, 0.29) is 37.6 Å². The lowest BCUT2D eigenvalue weighted by atomic mass is 10.1. The molecule has 0 spiro atoms. The molecule has 3 rings (SSSR count). The van der Waals surface area contributed by atoms with E-state index in [1.165, 1.54) is 15.9 Å². The fourth-order valence-corrected chi connectivity index (χ4v) is 3.05. The number of amides is 2. The van der Waals surface area contributed by atoms with E-state index in [9.17, 15) is 14.0 Å². The number of carbonyl (C=O) groups excluding carboxylic acids is 2. The van der Waals surface area contributed by atoms with Crippen LogP contribution in [-0.4, -0.2) is 37.2 Å². The average Bonchev–Trinajstić information content (AvgIpc) is 2.98. The molecule has 0 aliphatic carbocycles. The first kappa shape index (κ1) is 14.8. The van der Waals surface area contributed by atoms with Crippen LogP contribution in [-0.2, 0) is 16.0 Å². The van der Waals surface area contributed by atoms with Crippen LogP contribution >= 0.6 is 0 Å². The van der Waals surface area contributed by atoms with Gasteiger partial charge in [0.05, 0.1) is 23.8 Å². The standard InChI is InChI=1S/C15H18FN3O3/c1-8(2)18-13(20)4-9-3-10(5-12(16)14(9)18)19-11(6-17)7-22-15(19)21/h3,5,8,11H,4,6-7,17H2,1-2H3/t11-/m1/s1. The normalized spacial score (nSPS) is 20.9. The Morgan fingerprint density at radius 1 is 1.41 bits per heavy atom. The molecular weight excluding hydrogens is 289 g/mol. The molecule has 1 aromatic rings. The van der Waals surface area contributed by atoms with Crippen molar-refractivity contribution in [3.63, 3.8) is 0 Å². The van der Waals surface area contributed by atoms with E-state index in [1.54, 1.807) is 6.07 Å². The molecule has 6 nitrogen and oxygen atoms in total. The van der Waals surface area contributed by atoms with Crippen molar-refractivity contribution in [1.29, 1.82) is 0 Å². The first-order valence-corrected chi connectivity index (χ1v) is 7.24. The number of cyclic esters (lactones) is 1. The van der Waals surface area contributed by atoms with Crippen LogP contribution in [0.15, 0.2) is 12.1 Å². The molecule has 2 heterocycles. The lowest BCUT2D eigenvalue weighted by molar-refractivity contribution is -0.117. The minimum absolute atomic E-state index is 0.123. The number of hydrogen-bond acceptors (Lipinski definition) is 4. The van der Waals surface area contributed by atoms with Crippen LogP contribution in [0.5, 0.6) is 0 Å². The Balaban J connectivity index is 2.05. The molecule has 118 valence electrons. The number of nitrogens with zero attached hydrogens (tertiary/aromatic N) is 2. The van der Waals surface area contributed by atoms with Gasteiger partial charge in [-0.25, -0.2) is 9.18 Å². The number of halogens is 1. The maximum atomic E-state index is 14.5. The quantitative estimate of drug-likeness (QED) is 0.916. The molecule has 2 N–H and O–H groups in total. The SMILES string of the molecule is CC(C)N1C(=O)Cc2cc(N3C(=O)OC[C@H]3CN)cc(F)c21. The third-order valence-electron chi connectivity index (χ3n) is 4.01. The molecule has 0 radical (unpaired) electrons. The van der Waals surface area contributed by atoms with Gasteiger partial charge in [0, 0.05) is 12.6 Å². The van der Waals surface area contributed by atoms with Gasteiger partial charge in [-0.2, -0.15) is 0 Å². The van der Waals surface area contributed by atoms with Crippen molar-refractivity contribution in [3.05, 3.63) is 23.5 Å². The number of ether oxygens (including phenoxy) is 1. The average molecular weight is 307 g/mol. The highest BCUT2D eigenvalue weighted by Crippen LogP contribution is 2.37. The van der Waals surface area contributed by atoms with Gasteiger partial charge in [-0.05, 0) is 31.5 Å². The van der Waals surface area contributed by atoms with Crippen molar-refractivity contribution in [2.75, 3.05) is 23.0 Å². The molecule has 0 unspecified atom stereocenters. The summed E-state index contributed by atoms with van der Waals surface area (Å²) in [5.41, 5.74) is 6.90. The maximum absolute atomic E-state index is 14.5. The van der Waals surface area contributed by atoms with Gasteiger partial charge < -0.3 is 15.4 Å². The van der Waals surface area contributed by atoms with Crippen molar-refractivity contribution >= 4 is 23.4 Å². The van der Waals surface area contributed by atoms with Crippen LogP contribution < -0.4 is 15.5 Å². The minimum atomic E-state index is -0.542. The van der Waals surface area contributed by atoms with E-state index in [2.05, 4.69) is 0 Å². The Morgan fingerprint density at radius 2 is 2.14 bits per heavy atom. The maximum Gasteiger partial charge on any atom is 0.414 e. The Hall–Kier alpha value is -2.15. The third-order valence-corrected chi connectivity index (χ3v) is 4.01. The topological polar surface area (TPSA) is 75.9 Å². The van der Waals surface area contributed by atoms with Crippen LogP contribution in [0, 0.1) is 5.82 Å². The number of fused-ring (bicyclic) bond motifs is 1. The molecule has 22 heavy (non-hydrogen) atoms. The van der Waals surface area contributed by atoms with Crippen molar-refractivity contribution in [3.8, 4) is 0 Å². The molecule has 0 saturated carbocycles. The van der Waals surface area contributed by atoms with Gasteiger partial charge in [-0.15, -0.1) is 0 Å². The molecule has 2 amide bonds. The number of rotatable bonds is 3. The first-order chi connectivity index (χ1) is 10.4. The fraction of sp³-hybridized carbons (Fsp3) is 0.467. The summed E-state index contributed by atoms with van der Waals surface area (Å²) in [7, 11) is 0. The summed E-state index contributed by atoms with van der Waals surface area (Å²) in [6.45, 7) is 4.08. The van der Waals surface area contributed by atoms with Gasteiger partial charge in [0.15, 0.2) is 0 Å². The molecule has 1 saturated heterocycles. The highest BCUT2D eigenvalue weighted by molar-refractivity contribution is 6.03. The Kier molecular flexibility index (Phi) is 3.52. The van der Waals surface area contributed by atoms with Gasteiger partial charge in [0.2, 0.25) is 5.91 Å². The van der Waals surface area contributed by atoms with E-state index < -0.39 is 11.9 Å². The molecule has 1 atom stereocenters. The number of anilines is 2. The zero-order valence-corrected chi connectivity index (χ0v) is 12.5. The van der Waals surface area contributed by atoms with E-state index in [4.69, 9.17) is 10.5 Å². The van der Waals surface area contributed by atoms with Gasteiger partial charge in [-0.3, -0.25) is 9.69 Å². The molecule has 0 aromatic heterocycles. The summed E-state index contributed by atoms with van der Waals surface area (Å²) >= 11 is 0. The third kappa shape index (κ3) is 2.12. The second kappa shape index (κ2) is 5.24. The molecule has 2 aliphatic rings. The van der Waals surface area contributed by atoms with E-state index >= 15 is 0 Å². The smallest absolute Gasteiger partial charge is 0.414 e. The molecule has 1 fully saturated rings. The molecule has 0 bridgehead atoms.